The first kappa shape index (κ1) is 13.9. The van der Waals surface area contributed by atoms with Crippen molar-refractivity contribution in [3.05, 3.63) is 42.2 Å². The number of carbonyl (C=O) groups excluding carboxylic acids is 1. The van der Waals surface area contributed by atoms with E-state index < -0.39 is 5.97 Å². The quantitative estimate of drug-likeness (QED) is 0.632. The highest BCUT2D eigenvalue weighted by Crippen LogP contribution is 2.19. The van der Waals surface area contributed by atoms with Gasteiger partial charge in [-0.1, -0.05) is 12.1 Å². The summed E-state index contributed by atoms with van der Waals surface area (Å²) in [6.07, 6.45) is 4.26. The monoisotopic (exact) mass is 275 g/mol. The maximum atomic E-state index is 11.5. The first-order chi connectivity index (χ1) is 9.65. The molecule has 2 aromatic rings. The number of esters is 1. The second-order valence-electron chi connectivity index (χ2n) is 4.32. The van der Waals surface area contributed by atoms with Crippen molar-refractivity contribution < 1.29 is 14.3 Å². The van der Waals surface area contributed by atoms with Crippen molar-refractivity contribution in [3.8, 4) is 5.75 Å². The van der Waals surface area contributed by atoms with Crippen molar-refractivity contribution >= 4 is 11.7 Å². The first-order valence-electron chi connectivity index (χ1n) is 6.25. The minimum atomic E-state index is -0.419. The average molecular weight is 275 g/mol. The molecule has 0 saturated carbocycles. The summed E-state index contributed by atoms with van der Waals surface area (Å²) < 4.78 is 12.1. The van der Waals surface area contributed by atoms with E-state index in [2.05, 4.69) is 5.10 Å². The molecule has 1 heterocycles. The molecule has 0 aliphatic rings. The molecule has 0 aliphatic carbocycles. The fourth-order valence-corrected chi connectivity index (χ4v) is 1.67. The third kappa shape index (κ3) is 4.01. The normalized spacial score (nSPS) is 10.2. The Morgan fingerprint density at radius 1 is 1.40 bits per heavy atom. The third-order valence-electron chi connectivity index (χ3n) is 2.68. The summed E-state index contributed by atoms with van der Waals surface area (Å²) in [5.41, 5.74) is 7.22. The summed E-state index contributed by atoms with van der Waals surface area (Å²) in [6.45, 7) is 0.152. The van der Waals surface area contributed by atoms with Crippen LogP contribution in [0.2, 0.25) is 0 Å². The van der Waals surface area contributed by atoms with Gasteiger partial charge < -0.3 is 15.2 Å². The Bertz CT molecular complexity index is 581. The van der Waals surface area contributed by atoms with Gasteiger partial charge in [0, 0.05) is 19.7 Å². The molecule has 106 valence electrons. The Morgan fingerprint density at radius 2 is 2.20 bits per heavy atom. The third-order valence-corrected chi connectivity index (χ3v) is 2.68. The van der Waals surface area contributed by atoms with Crippen molar-refractivity contribution in [1.29, 1.82) is 0 Å². The van der Waals surface area contributed by atoms with Crippen LogP contribution in [0, 0.1) is 0 Å². The van der Waals surface area contributed by atoms with Crippen LogP contribution in [-0.4, -0.2) is 29.0 Å². The lowest BCUT2D eigenvalue weighted by Gasteiger charge is -2.08. The van der Waals surface area contributed by atoms with Crippen LogP contribution in [0.1, 0.15) is 5.56 Å². The zero-order valence-corrected chi connectivity index (χ0v) is 11.3. The summed E-state index contributed by atoms with van der Waals surface area (Å²) in [5.74, 6) is 0.0638. The van der Waals surface area contributed by atoms with Gasteiger partial charge >= 0.3 is 5.97 Å². The van der Waals surface area contributed by atoms with Gasteiger partial charge in [0.05, 0.1) is 18.5 Å². The van der Waals surface area contributed by atoms with Crippen molar-refractivity contribution in [2.45, 2.75) is 6.42 Å². The number of nitrogens with zero attached hydrogens (tertiary/aromatic N) is 2. The molecule has 0 saturated heterocycles. The average Bonchev–Trinajstić information content (AvgIpc) is 2.83. The highest BCUT2D eigenvalue weighted by Gasteiger charge is 2.06. The van der Waals surface area contributed by atoms with Crippen LogP contribution in [-0.2, 0) is 23.0 Å². The largest absolute Gasteiger partial charge is 0.480 e. The SMILES string of the molecule is Cn1cc(CCOC(=O)COc2ccccc2N)cn1. The second-order valence-corrected chi connectivity index (χ2v) is 4.32. The van der Waals surface area contributed by atoms with E-state index in [1.807, 2.05) is 13.2 Å². The van der Waals surface area contributed by atoms with Crippen molar-refractivity contribution in [1.82, 2.24) is 9.78 Å². The van der Waals surface area contributed by atoms with Gasteiger partial charge in [-0.25, -0.2) is 4.79 Å². The smallest absolute Gasteiger partial charge is 0.344 e. The molecule has 2 N–H and O–H groups in total. The van der Waals surface area contributed by atoms with E-state index in [1.54, 1.807) is 35.1 Å². The predicted octanol–water partition coefficient (Wildman–Crippen LogP) is 1.17. The Balaban J connectivity index is 1.69. The van der Waals surface area contributed by atoms with E-state index in [0.717, 1.165) is 5.56 Å². The van der Waals surface area contributed by atoms with E-state index in [-0.39, 0.29) is 6.61 Å². The van der Waals surface area contributed by atoms with E-state index in [0.29, 0.717) is 24.5 Å². The maximum Gasteiger partial charge on any atom is 0.344 e. The summed E-state index contributed by atoms with van der Waals surface area (Å²) >= 11 is 0. The Morgan fingerprint density at radius 3 is 2.90 bits per heavy atom. The second kappa shape index (κ2) is 6.60. The van der Waals surface area contributed by atoms with Crippen LogP contribution in [0.5, 0.6) is 5.75 Å². The Labute approximate surface area is 117 Å². The lowest BCUT2D eigenvalue weighted by molar-refractivity contribution is -0.145. The van der Waals surface area contributed by atoms with Crippen LogP contribution in [0.3, 0.4) is 0 Å². The van der Waals surface area contributed by atoms with Crippen molar-refractivity contribution in [2.75, 3.05) is 18.9 Å². The predicted molar refractivity (Wildman–Crippen MR) is 74.2 cm³/mol. The van der Waals surface area contributed by atoms with Gasteiger partial charge in [-0.15, -0.1) is 0 Å². The van der Waals surface area contributed by atoms with Crippen LogP contribution in [0.25, 0.3) is 0 Å². The van der Waals surface area contributed by atoms with Gasteiger partial charge in [-0.2, -0.15) is 5.10 Å². The highest BCUT2D eigenvalue weighted by atomic mass is 16.6. The fraction of sp³-hybridized carbons (Fsp3) is 0.286. The number of nitrogens with two attached hydrogens (primary N) is 1. The Hall–Kier alpha value is -2.50. The van der Waals surface area contributed by atoms with Crippen molar-refractivity contribution in [3.63, 3.8) is 0 Å². The van der Waals surface area contributed by atoms with Crippen LogP contribution in [0.15, 0.2) is 36.7 Å². The molecule has 0 bridgehead atoms. The molecule has 1 aromatic heterocycles. The number of anilines is 1. The molecule has 0 spiro atoms. The molecule has 0 fully saturated rings. The molecule has 0 radical (unpaired) electrons. The summed E-state index contributed by atoms with van der Waals surface area (Å²) in [7, 11) is 1.84. The van der Waals surface area contributed by atoms with Gasteiger partial charge in [0.25, 0.3) is 0 Å². The van der Waals surface area contributed by atoms with E-state index in [4.69, 9.17) is 15.2 Å². The Kier molecular flexibility index (Phi) is 4.60. The summed E-state index contributed by atoms with van der Waals surface area (Å²) in [4.78, 5) is 11.5. The van der Waals surface area contributed by atoms with Crippen molar-refractivity contribution in [2.24, 2.45) is 7.05 Å². The van der Waals surface area contributed by atoms with Gasteiger partial charge in [0.2, 0.25) is 0 Å². The maximum absolute atomic E-state index is 11.5. The number of hydrogen-bond donors (Lipinski definition) is 1. The molecule has 0 aliphatic heterocycles. The summed E-state index contributed by atoms with van der Waals surface area (Å²) in [5, 5.41) is 4.04. The van der Waals surface area contributed by atoms with Crippen LogP contribution < -0.4 is 10.5 Å². The number of aromatic nitrogens is 2. The van der Waals surface area contributed by atoms with E-state index >= 15 is 0 Å². The number of aryl methyl sites for hydroxylation is 1. The van der Waals surface area contributed by atoms with Crippen LogP contribution >= 0.6 is 0 Å². The van der Waals surface area contributed by atoms with Gasteiger partial charge in [0.1, 0.15) is 5.75 Å². The lowest BCUT2D eigenvalue weighted by atomic mass is 10.3. The number of carbonyl (C=O) groups is 1. The molecule has 2 rings (SSSR count). The molecule has 6 heteroatoms. The molecule has 20 heavy (non-hydrogen) atoms. The molecule has 1 aromatic carbocycles. The minimum absolute atomic E-state index is 0.152. The number of ether oxygens (including phenoxy) is 2. The topological polar surface area (TPSA) is 79.4 Å². The molecule has 0 unspecified atom stereocenters. The number of benzene rings is 1. The lowest BCUT2D eigenvalue weighted by Crippen LogP contribution is -2.16. The fourth-order valence-electron chi connectivity index (χ4n) is 1.67. The number of para-hydroxylation sites is 2. The number of nitrogen functional groups attached to an aromatic ring is 1. The molecule has 0 amide bonds. The number of rotatable bonds is 6. The van der Waals surface area contributed by atoms with Gasteiger partial charge in [-0.3, -0.25) is 4.68 Å². The molecular weight excluding hydrogens is 258 g/mol. The molecular formula is C14H17N3O3. The van der Waals surface area contributed by atoms with E-state index in [9.17, 15) is 4.79 Å². The molecule has 0 atom stereocenters. The highest BCUT2D eigenvalue weighted by molar-refractivity contribution is 5.71. The summed E-state index contributed by atoms with van der Waals surface area (Å²) in [6, 6.07) is 7.01. The van der Waals surface area contributed by atoms with E-state index in [1.165, 1.54) is 0 Å². The standard InChI is InChI=1S/C14H17N3O3/c1-17-9-11(8-16-17)6-7-19-14(18)10-20-13-5-3-2-4-12(13)15/h2-5,8-9H,6-7,10,15H2,1H3. The van der Waals surface area contributed by atoms with Gasteiger partial charge in [-0.05, 0) is 17.7 Å². The first-order valence-corrected chi connectivity index (χ1v) is 6.25. The minimum Gasteiger partial charge on any atom is -0.480 e. The van der Waals surface area contributed by atoms with Gasteiger partial charge in [0.15, 0.2) is 6.61 Å². The number of hydrogen-bond acceptors (Lipinski definition) is 5. The van der Waals surface area contributed by atoms with Crippen LogP contribution in [0.4, 0.5) is 5.69 Å². The zero-order chi connectivity index (χ0) is 14.4. The molecule has 6 nitrogen and oxygen atoms in total. The zero-order valence-electron chi connectivity index (χ0n) is 11.3.